The van der Waals surface area contributed by atoms with Crippen LogP contribution in [-0.4, -0.2) is 18.6 Å². The summed E-state index contributed by atoms with van der Waals surface area (Å²) in [7, 11) is 0. The van der Waals surface area contributed by atoms with Gasteiger partial charge in [0.15, 0.2) is 6.10 Å². The van der Waals surface area contributed by atoms with Crippen LogP contribution in [0.1, 0.15) is 6.92 Å². The Balaban J connectivity index is 1.94. The van der Waals surface area contributed by atoms with Gasteiger partial charge in [0.2, 0.25) is 0 Å². The van der Waals surface area contributed by atoms with Crippen molar-refractivity contribution in [1.29, 1.82) is 0 Å². The molecule has 0 aliphatic rings. The van der Waals surface area contributed by atoms with Crippen LogP contribution in [0.3, 0.4) is 0 Å². The average molecular weight is 297 g/mol. The molecule has 0 fully saturated rings. The van der Waals surface area contributed by atoms with Crippen molar-refractivity contribution >= 4 is 11.6 Å². The number of ether oxygens (including phenoxy) is 2. The SMILES string of the molecule is C=CCOc1cccc(NC(=O)[C@@H](C)Oc2ccccc2)c1. The number of hydrogen-bond acceptors (Lipinski definition) is 3. The topological polar surface area (TPSA) is 47.6 Å². The Kier molecular flexibility index (Phi) is 5.60. The second-order valence-electron chi connectivity index (χ2n) is 4.69. The van der Waals surface area contributed by atoms with Gasteiger partial charge in [0.1, 0.15) is 18.1 Å². The molecule has 1 atom stereocenters. The summed E-state index contributed by atoms with van der Waals surface area (Å²) >= 11 is 0. The van der Waals surface area contributed by atoms with Crippen LogP contribution in [0.2, 0.25) is 0 Å². The maximum absolute atomic E-state index is 12.1. The molecule has 1 amide bonds. The van der Waals surface area contributed by atoms with E-state index in [4.69, 9.17) is 9.47 Å². The van der Waals surface area contributed by atoms with E-state index in [1.165, 1.54) is 0 Å². The first-order valence-electron chi connectivity index (χ1n) is 7.05. The van der Waals surface area contributed by atoms with E-state index in [0.29, 0.717) is 23.8 Å². The average Bonchev–Trinajstić information content (AvgIpc) is 2.54. The number of nitrogens with one attached hydrogen (secondary N) is 1. The molecular weight excluding hydrogens is 278 g/mol. The highest BCUT2D eigenvalue weighted by molar-refractivity contribution is 5.94. The Morgan fingerprint density at radius 3 is 2.64 bits per heavy atom. The number of benzene rings is 2. The van der Waals surface area contributed by atoms with Crippen molar-refractivity contribution in [3.63, 3.8) is 0 Å². The molecule has 0 saturated heterocycles. The largest absolute Gasteiger partial charge is 0.489 e. The lowest BCUT2D eigenvalue weighted by Crippen LogP contribution is -2.30. The number of carbonyl (C=O) groups is 1. The normalized spacial score (nSPS) is 11.3. The fraction of sp³-hybridized carbons (Fsp3) is 0.167. The molecule has 0 bridgehead atoms. The van der Waals surface area contributed by atoms with Gasteiger partial charge in [-0.1, -0.05) is 36.9 Å². The molecule has 0 aromatic heterocycles. The maximum atomic E-state index is 12.1. The summed E-state index contributed by atoms with van der Waals surface area (Å²) < 4.78 is 11.0. The van der Waals surface area contributed by atoms with Crippen LogP contribution in [0, 0.1) is 0 Å². The molecule has 0 spiro atoms. The summed E-state index contributed by atoms with van der Waals surface area (Å²) in [6.07, 6.45) is 1.07. The van der Waals surface area contributed by atoms with Crippen molar-refractivity contribution in [2.24, 2.45) is 0 Å². The van der Waals surface area contributed by atoms with Gasteiger partial charge in [0.25, 0.3) is 5.91 Å². The smallest absolute Gasteiger partial charge is 0.265 e. The Labute approximate surface area is 130 Å². The second kappa shape index (κ2) is 7.88. The standard InChI is InChI=1S/C18H19NO3/c1-3-12-21-17-11-7-8-15(13-17)19-18(20)14(2)22-16-9-5-4-6-10-16/h3-11,13-14H,1,12H2,2H3,(H,19,20)/t14-/m1/s1. The molecule has 22 heavy (non-hydrogen) atoms. The molecule has 114 valence electrons. The molecule has 0 saturated carbocycles. The first-order chi connectivity index (χ1) is 10.7. The first kappa shape index (κ1) is 15.6. The highest BCUT2D eigenvalue weighted by Crippen LogP contribution is 2.18. The van der Waals surface area contributed by atoms with E-state index < -0.39 is 6.10 Å². The van der Waals surface area contributed by atoms with E-state index >= 15 is 0 Å². The lowest BCUT2D eigenvalue weighted by molar-refractivity contribution is -0.122. The Hall–Kier alpha value is -2.75. The number of rotatable bonds is 7. The zero-order valence-electron chi connectivity index (χ0n) is 12.5. The predicted molar refractivity (Wildman–Crippen MR) is 87.3 cm³/mol. The van der Waals surface area contributed by atoms with Gasteiger partial charge < -0.3 is 14.8 Å². The number of carbonyl (C=O) groups excluding carboxylic acids is 1. The zero-order valence-corrected chi connectivity index (χ0v) is 12.5. The summed E-state index contributed by atoms with van der Waals surface area (Å²) in [5, 5.41) is 2.81. The number of anilines is 1. The van der Waals surface area contributed by atoms with E-state index in [9.17, 15) is 4.79 Å². The lowest BCUT2D eigenvalue weighted by Gasteiger charge is -2.15. The monoisotopic (exact) mass is 297 g/mol. The lowest BCUT2D eigenvalue weighted by atomic mass is 10.2. The van der Waals surface area contributed by atoms with Gasteiger partial charge in [-0.05, 0) is 31.2 Å². The summed E-state index contributed by atoms with van der Waals surface area (Å²) in [5.41, 5.74) is 0.662. The van der Waals surface area contributed by atoms with Crippen molar-refractivity contribution in [3.8, 4) is 11.5 Å². The van der Waals surface area contributed by atoms with Crippen molar-refractivity contribution in [2.45, 2.75) is 13.0 Å². The van der Waals surface area contributed by atoms with Gasteiger partial charge in [-0.3, -0.25) is 4.79 Å². The van der Waals surface area contributed by atoms with Gasteiger partial charge in [-0.25, -0.2) is 0 Å². The van der Waals surface area contributed by atoms with Crippen molar-refractivity contribution in [3.05, 3.63) is 67.3 Å². The summed E-state index contributed by atoms with van der Waals surface area (Å²) in [6, 6.07) is 16.4. The fourth-order valence-electron chi connectivity index (χ4n) is 1.82. The summed E-state index contributed by atoms with van der Waals surface area (Å²) in [5.74, 6) is 1.12. The van der Waals surface area contributed by atoms with Gasteiger partial charge in [-0.2, -0.15) is 0 Å². The van der Waals surface area contributed by atoms with Crippen molar-refractivity contribution in [1.82, 2.24) is 0 Å². The predicted octanol–water partition coefficient (Wildman–Crippen LogP) is 3.66. The summed E-state index contributed by atoms with van der Waals surface area (Å²) in [6.45, 7) is 5.73. The minimum absolute atomic E-state index is 0.218. The van der Waals surface area contributed by atoms with Crippen molar-refractivity contribution < 1.29 is 14.3 Å². The molecule has 0 radical (unpaired) electrons. The van der Waals surface area contributed by atoms with Crippen LogP contribution in [0.15, 0.2) is 67.3 Å². The molecule has 0 unspecified atom stereocenters. The molecule has 2 aromatic carbocycles. The van der Waals surface area contributed by atoms with E-state index in [1.807, 2.05) is 42.5 Å². The van der Waals surface area contributed by atoms with E-state index in [2.05, 4.69) is 11.9 Å². The quantitative estimate of drug-likeness (QED) is 0.793. The second-order valence-corrected chi connectivity index (χ2v) is 4.69. The first-order valence-corrected chi connectivity index (χ1v) is 7.05. The molecule has 0 aliphatic carbocycles. The summed E-state index contributed by atoms with van der Waals surface area (Å²) in [4.78, 5) is 12.1. The van der Waals surface area contributed by atoms with E-state index in [0.717, 1.165) is 0 Å². The van der Waals surface area contributed by atoms with Crippen LogP contribution >= 0.6 is 0 Å². The van der Waals surface area contributed by atoms with Crippen LogP contribution in [0.4, 0.5) is 5.69 Å². The Bertz CT molecular complexity index is 625. The number of amides is 1. The van der Waals surface area contributed by atoms with Crippen LogP contribution in [0.25, 0.3) is 0 Å². The highest BCUT2D eigenvalue weighted by atomic mass is 16.5. The molecule has 4 nitrogen and oxygen atoms in total. The molecule has 4 heteroatoms. The molecule has 2 aromatic rings. The minimum Gasteiger partial charge on any atom is -0.489 e. The van der Waals surface area contributed by atoms with Gasteiger partial charge in [0, 0.05) is 11.8 Å². The van der Waals surface area contributed by atoms with E-state index in [1.54, 1.807) is 25.1 Å². The van der Waals surface area contributed by atoms with Crippen LogP contribution < -0.4 is 14.8 Å². The molecule has 2 rings (SSSR count). The van der Waals surface area contributed by atoms with E-state index in [-0.39, 0.29) is 5.91 Å². The molecule has 0 heterocycles. The maximum Gasteiger partial charge on any atom is 0.265 e. The van der Waals surface area contributed by atoms with Gasteiger partial charge in [0.05, 0.1) is 0 Å². The third-order valence-electron chi connectivity index (χ3n) is 2.89. The third-order valence-corrected chi connectivity index (χ3v) is 2.89. The van der Waals surface area contributed by atoms with Gasteiger partial charge in [-0.15, -0.1) is 0 Å². The van der Waals surface area contributed by atoms with Crippen LogP contribution in [-0.2, 0) is 4.79 Å². The molecule has 1 N–H and O–H groups in total. The number of para-hydroxylation sites is 1. The van der Waals surface area contributed by atoms with Gasteiger partial charge >= 0.3 is 0 Å². The Morgan fingerprint density at radius 2 is 1.91 bits per heavy atom. The number of hydrogen-bond donors (Lipinski definition) is 1. The molecule has 0 aliphatic heterocycles. The fourth-order valence-corrected chi connectivity index (χ4v) is 1.82. The zero-order chi connectivity index (χ0) is 15.8. The van der Waals surface area contributed by atoms with Crippen LogP contribution in [0.5, 0.6) is 11.5 Å². The van der Waals surface area contributed by atoms with Crippen molar-refractivity contribution in [2.75, 3.05) is 11.9 Å². The minimum atomic E-state index is -0.597. The third kappa shape index (κ3) is 4.66. The molecular formula is C18H19NO3. The highest BCUT2D eigenvalue weighted by Gasteiger charge is 2.14. The Morgan fingerprint density at radius 1 is 1.18 bits per heavy atom.